The maximum atomic E-state index is 12.4. The van der Waals surface area contributed by atoms with E-state index in [0.717, 1.165) is 10.6 Å². The molecule has 0 aliphatic heterocycles. The first kappa shape index (κ1) is 22.0. The van der Waals surface area contributed by atoms with E-state index < -0.39 is 28.4 Å². The summed E-state index contributed by atoms with van der Waals surface area (Å²) in [6.45, 7) is 1.45. The van der Waals surface area contributed by atoms with Crippen LogP contribution in [0.5, 0.6) is 0 Å². The average molecular weight is 445 g/mol. The molecule has 1 N–H and O–H groups in total. The highest BCUT2D eigenvalue weighted by Gasteiger charge is 2.23. The van der Waals surface area contributed by atoms with Crippen LogP contribution in [0.3, 0.4) is 0 Å². The Balaban J connectivity index is 2.16. The Morgan fingerprint density at radius 1 is 1.11 bits per heavy atom. The molecular weight excluding hydrogens is 427 g/mol. The van der Waals surface area contributed by atoms with Gasteiger partial charge < -0.3 is 10.1 Å². The Kier molecular flexibility index (Phi) is 7.29. The number of esters is 1. The van der Waals surface area contributed by atoms with E-state index in [1.54, 1.807) is 6.92 Å². The van der Waals surface area contributed by atoms with Crippen molar-refractivity contribution in [2.75, 3.05) is 29.0 Å². The molecular formula is C18H18Cl2N2O5S. The summed E-state index contributed by atoms with van der Waals surface area (Å²) in [7, 11) is -3.80. The molecule has 0 bridgehead atoms. The first-order valence-electron chi connectivity index (χ1n) is 8.11. The van der Waals surface area contributed by atoms with Crippen LogP contribution in [0.2, 0.25) is 10.0 Å². The van der Waals surface area contributed by atoms with Crippen molar-refractivity contribution in [2.24, 2.45) is 0 Å². The number of hydrogen-bond acceptors (Lipinski definition) is 5. The number of carbonyl (C=O) groups excluding carboxylic acids is 2. The molecule has 7 nitrogen and oxygen atoms in total. The van der Waals surface area contributed by atoms with Crippen molar-refractivity contribution in [1.29, 1.82) is 0 Å². The van der Waals surface area contributed by atoms with Gasteiger partial charge in [0.15, 0.2) is 0 Å². The van der Waals surface area contributed by atoms with Gasteiger partial charge in [-0.2, -0.15) is 0 Å². The number of halogens is 2. The molecule has 0 spiro atoms. The molecule has 0 saturated carbocycles. The van der Waals surface area contributed by atoms with E-state index in [0.29, 0.717) is 11.3 Å². The summed E-state index contributed by atoms with van der Waals surface area (Å²) in [5.74, 6) is -1.07. The molecule has 2 aromatic carbocycles. The monoisotopic (exact) mass is 444 g/mol. The first-order valence-corrected chi connectivity index (χ1v) is 10.7. The Labute approximate surface area is 173 Å². The van der Waals surface area contributed by atoms with Gasteiger partial charge in [-0.15, -0.1) is 0 Å². The van der Waals surface area contributed by atoms with Crippen LogP contribution in [0.1, 0.15) is 17.3 Å². The highest BCUT2D eigenvalue weighted by atomic mass is 35.5. The molecule has 1 amide bonds. The average Bonchev–Trinajstić information content (AvgIpc) is 2.62. The molecule has 2 rings (SSSR count). The Bertz CT molecular complexity index is 978. The van der Waals surface area contributed by atoms with Gasteiger partial charge in [-0.3, -0.25) is 9.10 Å². The van der Waals surface area contributed by atoms with Crippen molar-refractivity contribution < 1.29 is 22.7 Å². The number of rotatable bonds is 7. The number of ether oxygens (including phenoxy) is 1. The first-order chi connectivity index (χ1) is 13.1. The molecule has 28 heavy (non-hydrogen) atoms. The smallest absolute Gasteiger partial charge is 0.338 e. The number of hydrogen-bond donors (Lipinski definition) is 1. The van der Waals surface area contributed by atoms with Crippen LogP contribution < -0.4 is 9.62 Å². The van der Waals surface area contributed by atoms with E-state index in [1.165, 1.54) is 42.5 Å². The topological polar surface area (TPSA) is 92.8 Å². The van der Waals surface area contributed by atoms with E-state index in [2.05, 4.69) is 5.32 Å². The van der Waals surface area contributed by atoms with Gasteiger partial charge in [-0.05, 0) is 49.4 Å². The van der Waals surface area contributed by atoms with Gasteiger partial charge in [0, 0.05) is 10.7 Å². The van der Waals surface area contributed by atoms with Crippen molar-refractivity contribution in [3.05, 3.63) is 58.1 Å². The summed E-state index contributed by atoms with van der Waals surface area (Å²) in [6, 6.07) is 10.4. The van der Waals surface area contributed by atoms with Crippen LogP contribution in [0.25, 0.3) is 0 Å². The van der Waals surface area contributed by atoms with Gasteiger partial charge in [0.25, 0.3) is 0 Å². The zero-order valence-corrected chi connectivity index (χ0v) is 17.4. The number of amides is 1. The summed E-state index contributed by atoms with van der Waals surface area (Å²) in [5.41, 5.74) is 0.830. The summed E-state index contributed by atoms with van der Waals surface area (Å²) in [4.78, 5) is 24.0. The van der Waals surface area contributed by atoms with Crippen molar-refractivity contribution in [2.45, 2.75) is 6.92 Å². The van der Waals surface area contributed by atoms with Gasteiger partial charge in [-0.1, -0.05) is 23.2 Å². The van der Waals surface area contributed by atoms with Crippen LogP contribution in [0, 0.1) is 0 Å². The van der Waals surface area contributed by atoms with Gasteiger partial charge in [0.05, 0.1) is 29.1 Å². The molecule has 0 radical (unpaired) electrons. The van der Waals surface area contributed by atoms with Crippen molar-refractivity contribution in [3.8, 4) is 0 Å². The quantitative estimate of drug-likeness (QED) is 0.658. The number of anilines is 2. The molecule has 10 heteroatoms. The minimum Gasteiger partial charge on any atom is -0.462 e. The van der Waals surface area contributed by atoms with Crippen LogP contribution >= 0.6 is 23.2 Å². The molecule has 0 heterocycles. The van der Waals surface area contributed by atoms with Crippen LogP contribution in [-0.4, -0.2) is 39.7 Å². The van der Waals surface area contributed by atoms with Crippen LogP contribution in [0.4, 0.5) is 11.4 Å². The second-order valence-electron chi connectivity index (χ2n) is 5.71. The van der Waals surface area contributed by atoms with Crippen LogP contribution in [0.15, 0.2) is 42.5 Å². The summed E-state index contributed by atoms with van der Waals surface area (Å²) >= 11 is 12.0. The Morgan fingerprint density at radius 3 is 2.32 bits per heavy atom. The van der Waals surface area contributed by atoms with E-state index in [1.807, 2.05) is 0 Å². The predicted octanol–water partition coefficient (Wildman–Crippen LogP) is 3.57. The lowest BCUT2D eigenvalue weighted by Gasteiger charge is -2.23. The molecule has 0 fully saturated rings. The molecule has 0 atom stereocenters. The normalized spacial score (nSPS) is 11.0. The molecule has 150 valence electrons. The molecule has 0 aliphatic carbocycles. The number of nitrogens with zero attached hydrogens (tertiary/aromatic N) is 1. The second kappa shape index (κ2) is 9.27. The number of benzene rings is 2. The van der Waals surface area contributed by atoms with Crippen LogP contribution in [-0.2, 0) is 19.6 Å². The molecule has 0 unspecified atom stereocenters. The third kappa shape index (κ3) is 5.85. The SMILES string of the molecule is CCOC(=O)c1ccc(NC(=O)CN(c2cc(Cl)ccc2Cl)S(C)(=O)=O)cc1. The highest BCUT2D eigenvalue weighted by molar-refractivity contribution is 7.92. The van der Waals surface area contributed by atoms with Gasteiger partial charge in [0.1, 0.15) is 6.54 Å². The van der Waals surface area contributed by atoms with E-state index in [-0.39, 0.29) is 22.3 Å². The van der Waals surface area contributed by atoms with Crippen molar-refractivity contribution in [3.63, 3.8) is 0 Å². The molecule has 2 aromatic rings. The molecule has 0 aliphatic rings. The van der Waals surface area contributed by atoms with E-state index >= 15 is 0 Å². The lowest BCUT2D eigenvalue weighted by atomic mass is 10.2. The minimum atomic E-state index is -3.80. The highest BCUT2D eigenvalue weighted by Crippen LogP contribution is 2.30. The number of carbonyl (C=O) groups is 2. The van der Waals surface area contributed by atoms with Crippen molar-refractivity contribution in [1.82, 2.24) is 0 Å². The number of sulfonamides is 1. The fourth-order valence-corrected chi connectivity index (χ4v) is 3.59. The summed E-state index contributed by atoms with van der Waals surface area (Å²) < 4.78 is 30.1. The fourth-order valence-electron chi connectivity index (χ4n) is 2.29. The third-order valence-corrected chi connectivity index (χ3v) is 5.23. The van der Waals surface area contributed by atoms with Gasteiger partial charge >= 0.3 is 5.97 Å². The van der Waals surface area contributed by atoms with E-state index in [9.17, 15) is 18.0 Å². The predicted molar refractivity (Wildman–Crippen MR) is 110 cm³/mol. The minimum absolute atomic E-state index is 0.101. The summed E-state index contributed by atoms with van der Waals surface area (Å²) in [5, 5.41) is 2.99. The fraction of sp³-hybridized carbons (Fsp3) is 0.222. The second-order valence-corrected chi connectivity index (χ2v) is 8.46. The maximum Gasteiger partial charge on any atom is 0.338 e. The standard InChI is InChI=1S/C18H18Cl2N2O5S/c1-3-27-18(24)12-4-7-14(8-5-12)21-17(23)11-22(28(2,25)26)16-10-13(19)6-9-15(16)20/h4-10H,3,11H2,1-2H3,(H,21,23). The Morgan fingerprint density at radius 2 is 1.75 bits per heavy atom. The van der Waals surface area contributed by atoms with Gasteiger partial charge in [-0.25, -0.2) is 13.2 Å². The molecule has 0 saturated heterocycles. The van der Waals surface area contributed by atoms with E-state index in [4.69, 9.17) is 27.9 Å². The molecule has 0 aromatic heterocycles. The largest absolute Gasteiger partial charge is 0.462 e. The maximum absolute atomic E-state index is 12.4. The Hall–Kier alpha value is -2.29. The zero-order valence-electron chi connectivity index (χ0n) is 15.1. The van der Waals surface area contributed by atoms with Gasteiger partial charge in [0.2, 0.25) is 15.9 Å². The lowest BCUT2D eigenvalue weighted by molar-refractivity contribution is -0.114. The zero-order chi connectivity index (χ0) is 20.9. The summed E-state index contributed by atoms with van der Waals surface area (Å²) in [6.07, 6.45) is 0.964. The lowest BCUT2D eigenvalue weighted by Crippen LogP contribution is -2.37. The van der Waals surface area contributed by atoms with Crippen molar-refractivity contribution >= 4 is 56.5 Å². The number of nitrogens with one attached hydrogen (secondary N) is 1. The third-order valence-electron chi connectivity index (χ3n) is 3.54.